The first kappa shape index (κ1) is 61.1. The Labute approximate surface area is 394 Å². The highest BCUT2D eigenvalue weighted by molar-refractivity contribution is 5.92. The first-order valence-corrected chi connectivity index (χ1v) is 22.6. The number of primary amides is 1. The number of aliphatic carboxylic acids is 2. The third-order valence-corrected chi connectivity index (χ3v) is 9.65. The van der Waals surface area contributed by atoms with E-state index in [0.717, 1.165) is 13.8 Å². The largest absolute Gasteiger partial charge is 0.481 e. The molecule has 0 saturated heterocycles. The lowest BCUT2D eigenvalue weighted by Gasteiger charge is -2.20. The van der Waals surface area contributed by atoms with Crippen LogP contribution in [0.3, 0.4) is 0 Å². The Morgan fingerprint density at radius 2 is 0.691 bits per heavy atom. The standard InChI is InChI=1S/C42H71N11O15/c1-5-28(49-25(2)54)38(64)46-21-11-16-34(58)53-30(14-7-9-19-45-42(68)32(24-37(62)63)51-27(4)56)40(66)48-22-12-17-35(59)52-29(39(65)47-20-10-15-33(43)57)13-6-8-18-44-41(67)31(23-36(60)61)50-26(3)55/h28-32H,5-24H2,1-4H3,(H2,43,57)(H,44,67)(H,45,68)(H,46,64)(H,47,65)(H,48,66)(H,49,54)(H,50,55)(H,51,56)(H,52,59)(H,53,58)(H,60,61)(H,62,63). The van der Waals surface area contributed by atoms with E-state index in [0.29, 0.717) is 32.1 Å². The highest BCUT2D eigenvalue weighted by atomic mass is 16.4. The van der Waals surface area contributed by atoms with Gasteiger partial charge in [-0.3, -0.25) is 62.3 Å². The number of carboxylic acids is 2. The highest BCUT2D eigenvalue weighted by Gasteiger charge is 2.26. The van der Waals surface area contributed by atoms with Crippen LogP contribution in [0.4, 0.5) is 0 Å². The number of nitrogens with one attached hydrogen (secondary N) is 10. The van der Waals surface area contributed by atoms with Crippen LogP contribution >= 0.6 is 0 Å². The number of carboxylic acid groups (broad SMARTS) is 2. The molecule has 26 heteroatoms. The smallest absolute Gasteiger partial charge is 0.305 e. The fourth-order valence-corrected chi connectivity index (χ4v) is 6.31. The molecule has 0 aromatic heterocycles. The quantitative estimate of drug-likeness (QED) is 0.0270. The first-order valence-electron chi connectivity index (χ1n) is 22.6. The van der Waals surface area contributed by atoms with Gasteiger partial charge in [0.2, 0.25) is 65.0 Å². The van der Waals surface area contributed by atoms with Crippen molar-refractivity contribution >= 4 is 76.9 Å². The first-order chi connectivity index (χ1) is 32.0. The summed E-state index contributed by atoms with van der Waals surface area (Å²) < 4.78 is 0. The van der Waals surface area contributed by atoms with Crippen LogP contribution in [-0.2, 0) is 62.3 Å². The summed E-state index contributed by atoms with van der Waals surface area (Å²) in [6.45, 7) is 5.59. The zero-order valence-electron chi connectivity index (χ0n) is 39.3. The highest BCUT2D eigenvalue weighted by Crippen LogP contribution is 2.06. The van der Waals surface area contributed by atoms with Crippen LogP contribution in [0.5, 0.6) is 0 Å². The van der Waals surface area contributed by atoms with Crippen molar-refractivity contribution in [3.8, 4) is 0 Å². The SMILES string of the molecule is CCC(NC(C)=O)C(=O)NCCCC(=O)NC(CCCCNC(=O)C(CC(=O)O)NC(C)=O)C(=O)NCCCC(=O)NC(CCCCNC(=O)C(CC(=O)O)NC(C)=O)C(=O)NCCCC(N)=O. The molecule has 0 aliphatic rings. The minimum atomic E-state index is -1.30. The molecule has 26 nitrogen and oxygen atoms in total. The van der Waals surface area contributed by atoms with Crippen molar-refractivity contribution in [1.29, 1.82) is 0 Å². The maximum Gasteiger partial charge on any atom is 0.305 e. The normalized spacial score (nSPS) is 12.8. The Morgan fingerprint density at radius 1 is 0.397 bits per heavy atom. The molecule has 0 aromatic carbocycles. The van der Waals surface area contributed by atoms with Crippen LogP contribution in [0.2, 0.25) is 0 Å². The molecule has 0 aliphatic carbocycles. The van der Waals surface area contributed by atoms with Crippen LogP contribution in [0.1, 0.15) is 124 Å². The van der Waals surface area contributed by atoms with Crippen molar-refractivity contribution in [2.75, 3.05) is 32.7 Å². The molecule has 384 valence electrons. The minimum absolute atomic E-state index is 0.0196. The van der Waals surface area contributed by atoms with E-state index in [9.17, 15) is 62.3 Å². The summed E-state index contributed by atoms with van der Waals surface area (Å²) in [6, 6.07) is -5.42. The molecule has 0 aliphatic heterocycles. The molecule has 0 aromatic rings. The van der Waals surface area contributed by atoms with Gasteiger partial charge in [0.15, 0.2) is 0 Å². The third-order valence-electron chi connectivity index (χ3n) is 9.65. The van der Waals surface area contributed by atoms with E-state index in [-0.39, 0.29) is 90.0 Å². The third kappa shape index (κ3) is 31.1. The molecule has 5 unspecified atom stereocenters. The van der Waals surface area contributed by atoms with E-state index >= 15 is 0 Å². The summed E-state index contributed by atoms with van der Waals surface area (Å²) in [7, 11) is 0. The molecule has 11 amide bonds. The summed E-state index contributed by atoms with van der Waals surface area (Å²) in [4.78, 5) is 157. The van der Waals surface area contributed by atoms with Gasteiger partial charge in [0.05, 0.1) is 12.8 Å². The van der Waals surface area contributed by atoms with Crippen LogP contribution in [0, 0.1) is 0 Å². The molecule has 0 bridgehead atoms. The van der Waals surface area contributed by atoms with Crippen molar-refractivity contribution in [3.05, 3.63) is 0 Å². The Kier molecular flexibility index (Phi) is 31.7. The van der Waals surface area contributed by atoms with Gasteiger partial charge in [0.25, 0.3) is 0 Å². The fraction of sp³-hybridized carbons (Fsp3) is 0.690. The molecule has 0 saturated carbocycles. The molecule has 0 heterocycles. The molecular weight excluding hydrogens is 899 g/mol. The van der Waals surface area contributed by atoms with Crippen LogP contribution in [0.25, 0.3) is 0 Å². The molecule has 14 N–H and O–H groups in total. The van der Waals surface area contributed by atoms with Crippen LogP contribution < -0.4 is 58.9 Å². The molecule has 0 spiro atoms. The number of nitrogens with two attached hydrogens (primary N) is 1. The van der Waals surface area contributed by atoms with Crippen LogP contribution in [0.15, 0.2) is 0 Å². The minimum Gasteiger partial charge on any atom is -0.481 e. The molecule has 0 fully saturated rings. The average Bonchev–Trinajstić information content (AvgIpc) is 3.24. The predicted molar refractivity (Wildman–Crippen MR) is 241 cm³/mol. The monoisotopic (exact) mass is 970 g/mol. The lowest BCUT2D eigenvalue weighted by Crippen LogP contribution is -2.48. The Balaban J connectivity index is 5.50. The maximum atomic E-state index is 13.3. The number of hydrogen-bond donors (Lipinski definition) is 13. The van der Waals surface area contributed by atoms with Gasteiger partial charge in [-0.15, -0.1) is 0 Å². The summed E-state index contributed by atoms with van der Waals surface area (Å²) in [5.74, 6) is -8.74. The molecule has 0 rings (SSSR count). The van der Waals surface area contributed by atoms with E-state index in [1.165, 1.54) is 6.92 Å². The van der Waals surface area contributed by atoms with E-state index in [1.54, 1.807) is 6.92 Å². The molecular formula is C42H71N11O15. The number of amides is 11. The van der Waals surface area contributed by atoms with Crippen molar-refractivity contribution in [2.45, 2.75) is 154 Å². The second kappa shape index (κ2) is 35.3. The van der Waals surface area contributed by atoms with Gasteiger partial charge in [-0.25, -0.2) is 0 Å². The zero-order valence-corrected chi connectivity index (χ0v) is 39.3. The van der Waals surface area contributed by atoms with Gasteiger partial charge in [0.1, 0.15) is 30.2 Å². The van der Waals surface area contributed by atoms with E-state index < -0.39 is 114 Å². The topological polar surface area (TPSA) is 409 Å². The second-order valence-electron chi connectivity index (χ2n) is 15.8. The lowest BCUT2D eigenvalue weighted by atomic mass is 10.1. The van der Waals surface area contributed by atoms with Crippen LogP contribution in [-0.4, -0.2) is 150 Å². The average molecular weight is 970 g/mol. The van der Waals surface area contributed by atoms with E-state index in [2.05, 4.69) is 53.2 Å². The van der Waals surface area contributed by atoms with Crippen molar-refractivity contribution in [1.82, 2.24) is 53.2 Å². The number of carbonyl (C=O) groups is 13. The summed E-state index contributed by atoms with van der Waals surface area (Å²) in [5, 5.41) is 43.6. The summed E-state index contributed by atoms with van der Waals surface area (Å²) in [5.41, 5.74) is 5.17. The predicted octanol–water partition coefficient (Wildman–Crippen LogP) is -3.42. The number of rotatable bonds is 37. The Morgan fingerprint density at radius 3 is 1.00 bits per heavy atom. The Bertz CT molecular complexity index is 1710. The van der Waals surface area contributed by atoms with Gasteiger partial charge in [-0.1, -0.05) is 6.92 Å². The number of carbonyl (C=O) groups excluding carboxylic acids is 11. The summed E-state index contributed by atoms with van der Waals surface area (Å²) >= 11 is 0. The van der Waals surface area contributed by atoms with Gasteiger partial charge in [-0.05, 0) is 64.2 Å². The van der Waals surface area contributed by atoms with Gasteiger partial charge in [-0.2, -0.15) is 0 Å². The maximum absolute atomic E-state index is 13.3. The second-order valence-corrected chi connectivity index (χ2v) is 15.8. The molecule has 5 atom stereocenters. The Hall–Kier alpha value is -6.89. The van der Waals surface area contributed by atoms with E-state index in [4.69, 9.17) is 15.9 Å². The van der Waals surface area contributed by atoms with Gasteiger partial charge < -0.3 is 69.1 Å². The fourth-order valence-electron chi connectivity index (χ4n) is 6.31. The zero-order chi connectivity index (χ0) is 51.6. The van der Waals surface area contributed by atoms with E-state index in [1.807, 2.05) is 0 Å². The molecule has 68 heavy (non-hydrogen) atoms. The van der Waals surface area contributed by atoms with Crippen molar-refractivity contribution < 1.29 is 72.5 Å². The van der Waals surface area contributed by atoms with Gasteiger partial charge in [0, 0.05) is 72.8 Å². The number of hydrogen-bond acceptors (Lipinski definition) is 13. The summed E-state index contributed by atoms with van der Waals surface area (Å²) in [6.07, 6.45) is 0.889. The lowest BCUT2D eigenvalue weighted by molar-refractivity contribution is -0.141. The van der Waals surface area contributed by atoms with Crippen molar-refractivity contribution in [2.24, 2.45) is 5.73 Å². The van der Waals surface area contributed by atoms with Gasteiger partial charge >= 0.3 is 11.9 Å². The molecule has 0 radical (unpaired) electrons. The number of unbranched alkanes of at least 4 members (excludes halogenated alkanes) is 2. The van der Waals surface area contributed by atoms with Crippen molar-refractivity contribution in [3.63, 3.8) is 0 Å².